The van der Waals surface area contributed by atoms with E-state index in [0.29, 0.717) is 6.54 Å². The minimum absolute atomic E-state index is 0.158. The van der Waals surface area contributed by atoms with Gasteiger partial charge in [0.1, 0.15) is 0 Å². The second kappa shape index (κ2) is 6.85. The van der Waals surface area contributed by atoms with Crippen LogP contribution in [0.5, 0.6) is 0 Å². The van der Waals surface area contributed by atoms with Crippen LogP contribution in [0.15, 0.2) is 0 Å². The van der Waals surface area contributed by atoms with E-state index in [-0.39, 0.29) is 11.9 Å². The molecular formula is C13H23N3OS. The largest absolute Gasteiger partial charge is 0.342 e. The fourth-order valence-corrected chi connectivity index (χ4v) is 2.92. The van der Waals surface area contributed by atoms with Gasteiger partial charge in [-0.1, -0.05) is 0 Å². The van der Waals surface area contributed by atoms with Gasteiger partial charge in [-0.15, -0.1) is 11.3 Å². The van der Waals surface area contributed by atoms with Crippen molar-refractivity contribution >= 4 is 17.2 Å². The topological polar surface area (TPSA) is 45.2 Å². The maximum Gasteiger partial charge on any atom is 0.236 e. The molecule has 0 fully saturated rings. The molecule has 1 amide bonds. The average Bonchev–Trinajstić information content (AvgIpc) is 2.67. The van der Waals surface area contributed by atoms with Gasteiger partial charge in [-0.25, -0.2) is 4.98 Å². The third-order valence-corrected chi connectivity index (χ3v) is 4.26. The van der Waals surface area contributed by atoms with E-state index in [0.717, 1.165) is 23.8 Å². The first-order valence-electron chi connectivity index (χ1n) is 6.44. The molecule has 0 aliphatic carbocycles. The van der Waals surface area contributed by atoms with Gasteiger partial charge in [0, 0.05) is 24.0 Å². The van der Waals surface area contributed by atoms with Gasteiger partial charge >= 0.3 is 0 Å². The Morgan fingerprint density at radius 2 is 2.00 bits per heavy atom. The second-order valence-electron chi connectivity index (χ2n) is 4.35. The Hall–Kier alpha value is -0.940. The lowest BCUT2D eigenvalue weighted by atomic mass is 10.2. The van der Waals surface area contributed by atoms with Gasteiger partial charge in [0.2, 0.25) is 5.91 Å². The highest BCUT2D eigenvalue weighted by atomic mass is 32.1. The lowest BCUT2D eigenvalue weighted by molar-refractivity contribution is -0.129. The van der Waals surface area contributed by atoms with Crippen LogP contribution < -0.4 is 5.32 Å². The number of likely N-dealkylation sites (N-methyl/N-ethyl adjacent to an activating group) is 1. The zero-order valence-corrected chi connectivity index (χ0v) is 12.7. The summed E-state index contributed by atoms with van der Waals surface area (Å²) in [5, 5.41) is 4.36. The zero-order chi connectivity index (χ0) is 13.7. The summed E-state index contributed by atoms with van der Waals surface area (Å²) in [6.45, 7) is 12.0. The first kappa shape index (κ1) is 15.1. The Kier molecular flexibility index (Phi) is 5.75. The molecule has 18 heavy (non-hydrogen) atoms. The summed E-state index contributed by atoms with van der Waals surface area (Å²) in [7, 11) is 0. The molecule has 5 heteroatoms. The van der Waals surface area contributed by atoms with E-state index in [2.05, 4.69) is 17.2 Å². The van der Waals surface area contributed by atoms with Crippen molar-refractivity contribution in [2.75, 3.05) is 19.6 Å². The Balaban J connectivity index is 2.53. The first-order chi connectivity index (χ1) is 8.49. The molecule has 1 aromatic rings. The van der Waals surface area contributed by atoms with Gasteiger partial charge in [-0.3, -0.25) is 4.79 Å². The van der Waals surface area contributed by atoms with E-state index in [4.69, 9.17) is 0 Å². The molecule has 0 saturated heterocycles. The molecular weight excluding hydrogens is 246 g/mol. The zero-order valence-electron chi connectivity index (χ0n) is 11.9. The summed E-state index contributed by atoms with van der Waals surface area (Å²) in [6, 6.07) is 0.177. The monoisotopic (exact) mass is 269 g/mol. The summed E-state index contributed by atoms with van der Waals surface area (Å²) < 4.78 is 0. The molecule has 0 aliphatic heterocycles. The van der Waals surface area contributed by atoms with Gasteiger partial charge in [-0.05, 0) is 34.6 Å². The summed E-state index contributed by atoms with van der Waals surface area (Å²) in [5.41, 5.74) is 1.06. The molecule has 1 N–H and O–H groups in total. The first-order valence-corrected chi connectivity index (χ1v) is 7.26. The van der Waals surface area contributed by atoms with Crippen molar-refractivity contribution in [3.8, 4) is 0 Å². The highest BCUT2D eigenvalue weighted by Gasteiger charge is 2.15. The number of thiazole rings is 1. The molecule has 1 unspecified atom stereocenters. The molecule has 0 aromatic carbocycles. The SMILES string of the molecule is CCN(CC)C(=O)CNC(C)c1sc(C)nc1C. The normalized spacial score (nSPS) is 12.5. The standard InChI is InChI=1S/C13H23N3OS/c1-6-16(7-2)12(17)8-14-9(3)13-10(4)15-11(5)18-13/h9,14H,6-8H2,1-5H3. The average molecular weight is 269 g/mol. The molecule has 1 heterocycles. The Bertz CT molecular complexity index is 399. The minimum atomic E-state index is 0.158. The van der Waals surface area contributed by atoms with Crippen LogP contribution in [0.3, 0.4) is 0 Å². The summed E-state index contributed by atoms with van der Waals surface area (Å²) in [4.78, 5) is 19.4. The number of hydrogen-bond donors (Lipinski definition) is 1. The molecule has 0 spiro atoms. The summed E-state index contributed by atoms with van der Waals surface area (Å²) in [6.07, 6.45) is 0. The number of aromatic nitrogens is 1. The fourth-order valence-electron chi connectivity index (χ4n) is 1.97. The number of hydrogen-bond acceptors (Lipinski definition) is 4. The highest BCUT2D eigenvalue weighted by molar-refractivity contribution is 7.11. The van der Waals surface area contributed by atoms with Crippen molar-refractivity contribution in [1.82, 2.24) is 15.2 Å². The van der Waals surface area contributed by atoms with Crippen molar-refractivity contribution in [3.63, 3.8) is 0 Å². The lowest BCUT2D eigenvalue weighted by Crippen LogP contribution is -2.38. The number of aryl methyl sites for hydroxylation is 2. The number of rotatable bonds is 6. The third-order valence-electron chi connectivity index (χ3n) is 3.01. The van der Waals surface area contributed by atoms with Crippen molar-refractivity contribution in [2.24, 2.45) is 0 Å². The molecule has 1 atom stereocenters. The van der Waals surface area contributed by atoms with Crippen LogP contribution in [-0.4, -0.2) is 35.4 Å². The predicted molar refractivity (Wildman–Crippen MR) is 75.9 cm³/mol. The maximum atomic E-state index is 11.9. The summed E-state index contributed by atoms with van der Waals surface area (Å²) >= 11 is 1.70. The quantitative estimate of drug-likeness (QED) is 0.861. The molecule has 1 aromatic heterocycles. The number of nitrogens with zero attached hydrogens (tertiary/aromatic N) is 2. The minimum Gasteiger partial charge on any atom is -0.342 e. The summed E-state index contributed by atoms with van der Waals surface area (Å²) in [5.74, 6) is 0.158. The van der Waals surface area contributed by atoms with Crippen molar-refractivity contribution < 1.29 is 4.79 Å². The fraction of sp³-hybridized carbons (Fsp3) is 0.692. The van der Waals surface area contributed by atoms with Gasteiger partial charge in [0.15, 0.2) is 0 Å². The van der Waals surface area contributed by atoms with E-state index in [1.54, 1.807) is 11.3 Å². The van der Waals surface area contributed by atoms with Crippen LogP contribution >= 0.6 is 11.3 Å². The van der Waals surface area contributed by atoms with Crippen LogP contribution in [0, 0.1) is 13.8 Å². The molecule has 0 radical (unpaired) electrons. The van der Waals surface area contributed by atoms with E-state index in [1.165, 1.54) is 4.88 Å². The van der Waals surface area contributed by atoms with Crippen LogP contribution in [0.1, 0.15) is 42.4 Å². The second-order valence-corrected chi connectivity index (χ2v) is 5.59. The molecule has 1 rings (SSSR count). The van der Waals surface area contributed by atoms with E-state index >= 15 is 0 Å². The van der Waals surface area contributed by atoms with Gasteiger partial charge < -0.3 is 10.2 Å². The number of carbonyl (C=O) groups is 1. The molecule has 0 aliphatic rings. The number of amides is 1. The maximum absolute atomic E-state index is 11.9. The molecule has 0 bridgehead atoms. The van der Waals surface area contributed by atoms with Crippen LogP contribution in [0.25, 0.3) is 0 Å². The lowest BCUT2D eigenvalue weighted by Gasteiger charge is -2.20. The smallest absolute Gasteiger partial charge is 0.236 e. The molecule has 4 nitrogen and oxygen atoms in total. The van der Waals surface area contributed by atoms with Crippen LogP contribution in [-0.2, 0) is 4.79 Å². The predicted octanol–water partition coefficient (Wildman–Crippen LogP) is 2.28. The van der Waals surface area contributed by atoms with E-state index in [9.17, 15) is 4.79 Å². The van der Waals surface area contributed by atoms with Gasteiger partial charge in [0.05, 0.1) is 17.2 Å². The third kappa shape index (κ3) is 3.78. The number of nitrogens with one attached hydrogen (secondary N) is 1. The van der Waals surface area contributed by atoms with Crippen molar-refractivity contribution in [3.05, 3.63) is 15.6 Å². The van der Waals surface area contributed by atoms with Crippen LogP contribution in [0.4, 0.5) is 0 Å². The van der Waals surface area contributed by atoms with Gasteiger partial charge in [0.25, 0.3) is 0 Å². The molecule has 102 valence electrons. The Morgan fingerprint density at radius 3 is 2.44 bits per heavy atom. The van der Waals surface area contributed by atoms with Crippen LogP contribution in [0.2, 0.25) is 0 Å². The Labute approximate surface area is 113 Å². The van der Waals surface area contributed by atoms with E-state index in [1.807, 2.05) is 32.6 Å². The van der Waals surface area contributed by atoms with Crippen molar-refractivity contribution in [1.29, 1.82) is 0 Å². The van der Waals surface area contributed by atoms with Crippen molar-refractivity contribution in [2.45, 2.75) is 40.7 Å². The Morgan fingerprint density at radius 1 is 1.39 bits per heavy atom. The van der Waals surface area contributed by atoms with Gasteiger partial charge in [-0.2, -0.15) is 0 Å². The molecule has 0 saturated carbocycles. The number of carbonyl (C=O) groups excluding carboxylic acids is 1. The highest BCUT2D eigenvalue weighted by Crippen LogP contribution is 2.24. The van der Waals surface area contributed by atoms with E-state index < -0.39 is 0 Å².